The third kappa shape index (κ3) is 3.72. The number of pyridine rings is 1. The summed E-state index contributed by atoms with van der Waals surface area (Å²) in [6, 6.07) is 4.45. The Kier molecular flexibility index (Phi) is 4.06. The predicted octanol–water partition coefficient (Wildman–Crippen LogP) is 0.615. The molecule has 0 aliphatic carbocycles. The van der Waals surface area contributed by atoms with E-state index in [-0.39, 0.29) is 11.1 Å². The summed E-state index contributed by atoms with van der Waals surface area (Å²) < 4.78 is 1.54. The van der Waals surface area contributed by atoms with Gasteiger partial charge in [0.1, 0.15) is 0 Å². The molecule has 2 aromatic heterocycles. The minimum absolute atomic E-state index is 0.0968. The zero-order valence-electron chi connectivity index (χ0n) is 10.4. The molecule has 0 radical (unpaired) electrons. The molecule has 0 aliphatic rings. The van der Waals surface area contributed by atoms with Crippen molar-refractivity contribution in [1.82, 2.24) is 14.5 Å². The maximum atomic E-state index is 11.5. The third-order valence-corrected chi connectivity index (χ3v) is 3.28. The molecule has 100 valence electrons. The molecule has 19 heavy (non-hydrogen) atoms. The first kappa shape index (κ1) is 13.4. The van der Waals surface area contributed by atoms with E-state index >= 15 is 0 Å². The second-order valence-electron chi connectivity index (χ2n) is 4.03. The van der Waals surface area contributed by atoms with Crippen molar-refractivity contribution in [1.29, 1.82) is 0 Å². The number of nitrogens with zero attached hydrogens (tertiary/aromatic N) is 2. The number of nitrogens with two attached hydrogens (primary N) is 1. The van der Waals surface area contributed by atoms with Crippen LogP contribution in [0.15, 0.2) is 39.1 Å². The van der Waals surface area contributed by atoms with Crippen molar-refractivity contribution in [2.24, 2.45) is 0 Å². The second kappa shape index (κ2) is 5.75. The van der Waals surface area contributed by atoms with E-state index < -0.39 is 0 Å². The van der Waals surface area contributed by atoms with Crippen LogP contribution < -0.4 is 16.9 Å². The Labute approximate surface area is 113 Å². The van der Waals surface area contributed by atoms with Crippen molar-refractivity contribution >= 4 is 17.4 Å². The SMILES string of the molecule is Cc1cc(=O)[nH]c(SCCn2cc(N)ccc2=O)n1. The average molecular weight is 278 g/mol. The molecule has 0 saturated carbocycles. The number of aromatic amines is 1. The summed E-state index contributed by atoms with van der Waals surface area (Å²) in [6.45, 7) is 2.27. The zero-order chi connectivity index (χ0) is 13.8. The molecule has 0 fully saturated rings. The first-order valence-electron chi connectivity index (χ1n) is 5.71. The van der Waals surface area contributed by atoms with Gasteiger partial charge in [-0.05, 0) is 13.0 Å². The fourth-order valence-corrected chi connectivity index (χ4v) is 2.45. The number of rotatable bonds is 4. The van der Waals surface area contributed by atoms with Gasteiger partial charge in [-0.15, -0.1) is 0 Å². The normalized spacial score (nSPS) is 10.6. The van der Waals surface area contributed by atoms with E-state index in [2.05, 4.69) is 9.97 Å². The molecule has 0 aliphatic heterocycles. The first-order chi connectivity index (χ1) is 9.04. The molecule has 2 aromatic rings. The zero-order valence-corrected chi connectivity index (χ0v) is 11.2. The van der Waals surface area contributed by atoms with Crippen molar-refractivity contribution < 1.29 is 0 Å². The Morgan fingerprint density at radius 1 is 1.42 bits per heavy atom. The number of thioether (sulfide) groups is 1. The maximum absolute atomic E-state index is 11.5. The fraction of sp³-hybridized carbons (Fsp3) is 0.250. The standard InChI is InChI=1S/C12H14N4O2S/c1-8-6-10(17)15-12(14-8)19-5-4-16-7-9(13)2-3-11(16)18/h2-3,6-7H,4-5,13H2,1H3,(H,14,15,17). The number of nitrogens with one attached hydrogen (secondary N) is 1. The number of hydrogen-bond acceptors (Lipinski definition) is 5. The molecule has 2 heterocycles. The van der Waals surface area contributed by atoms with Crippen LogP contribution in [0.5, 0.6) is 0 Å². The number of hydrogen-bond donors (Lipinski definition) is 2. The van der Waals surface area contributed by atoms with Gasteiger partial charge in [-0.25, -0.2) is 4.98 Å². The number of H-pyrrole nitrogens is 1. The fourth-order valence-electron chi connectivity index (χ4n) is 1.59. The van der Waals surface area contributed by atoms with Gasteiger partial charge in [-0.3, -0.25) is 9.59 Å². The van der Waals surface area contributed by atoms with Crippen LogP contribution in [0.3, 0.4) is 0 Å². The van der Waals surface area contributed by atoms with Crippen LogP contribution in [0.2, 0.25) is 0 Å². The van der Waals surface area contributed by atoms with Gasteiger partial charge in [-0.1, -0.05) is 11.8 Å². The Hall–Kier alpha value is -2.02. The predicted molar refractivity (Wildman–Crippen MR) is 75.4 cm³/mol. The molecule has 6 nitrogen and oxygen atoms in total. The van der Waals surface area contributed by atoms with Crippen molar-refractivity contribution in [3.05, 3.63) is 50.8 Å². The number of aryl methyl sites for hydroxylation is 2. The molecule has 0 unspecified atom stereocenters. The number of anilines is 1. The largest absolute Gasteiger partial charge is 0.398 e. The quantitative estimate of drug-likeness (QED) is 0.631. The Balaban J connectivity index is 2.02. The molecule has 0 amide bonds. The molecule has 7 heteroatoms. The molecular weight excluding hydrogens is 264 g/mol. The monoisotopic (exact) mass is 278 g/mol. The summed E-state index contributed by atoms with van der Waals surface area (Å²) in [7, 11) is 0. The lowest BCUT2D eigenvalue weighted by Gasteiger charge is -2.06. The van der Waals surface area contributed by atoms with E-state index in [1.807, 2.05) is 0 Å². The molecular formula is C12H14N4O2S. The van der Waals surface area contributed by atoms with E-state index in [1.165, 1.54) is 28.5 Å². The molecule has 0 saturated heterocycles. The summed E-state index contributed by atoms with van der Waals surface area (Å²) in [5.74, 6) is 0.621. The molecule has 0 aromatic carbocycles. The van der Waals surface area contributed by atoms with Crippen molar-refractivity contribution in [3.63, 3.8) is 0 Å². The molecule has 2 rings (SSSR count). The van der Waals surface area contributed by atoms with Gasteiger partial charge in [0.15, 0.2) is 5.16 Å². The van der Waals surface area contributed by atoms with Crippen LogP contribution in [0.25, 0.3) is 0 Å². The minimum Gasteiger partial charge on any atom is -0.398 e. The van der Waals surface area contributed by atoms with Crippen LogP contribution in [0.1, 0.15) is 5.69 Å². The van der Waals surface area contributed by atoms with Crippen LogP contribution in [-0.2, 0) is 6.54 Å². The highest BCUT2D eigenvalue weighted by molar-refractivity contribution is 7.99. The van der Waals surface area contributed by atoms with Crippen molar-refractivity contribution in [3.8, 4) is 0 Å². The summed E-state index contributed by atoms with van der Waals surface area (Å²) in [5, 5.41) is 0.557. The Morgan fingerprint density at radius 2 is 2.21 bits per heavy atom. The highest BCUT2D eigenvalue weighted by atomic mass is 32.2. The molecule has 0 bridgehead atoms. The van der Waals surface area contributed by atoms with E-state index in [9.17, 15) is 9.59 Å². The third-order valence-electron chi connectivity index (χ3n) is 2.43. The van der Waals surface area contributed by atoms with Gasteiger partial charge < -0.3 is 15.3 Å². The van der Waals surface area contributed by atoms with Crippen LogP contribution in [0.4, 0.5) is 5.69 Å². The first-order valence-corrected chi connectivity index (χ1v) is 6.70. The molecule has 0 spiro atoms. The van der Waals surface area contributed by atoms with Gasteiger partial charge in [0.05, 0.1) is 0 Å². The van der Waals surface area contributed by atoms with Crippen LogP contribution in [0, 0.1) is 6.92 Å². The highest BCUT2D eigenvalue weighted by Gasteiger charge is 2.01. The minimum atomic E-state index is -0.170. The number of nitrogen functional groups attached to an aromatic ring is 1. The van der Waals surface area contributed by atoms with E-state index in [0.29, 0.717) is 28.8 Å². The second-order valence-corrected chi connectivity index (χ2v) is 5.12. The van der Waals surface area contributed by atoms with Gasteiger partial charge >= 0.3 is 0 Å². The lowest BCUT2D eigenvalue weighted by Crippen LogP contribution is -2.20. The lowest BCUT2D eigenvalue weighted by atomic mass is 10.4. The smallest absolute Gasteiger partial charge is 0.251 e. The van der Waals surface area contributed by atoms with Crippen molar-refractivity contribution in [2.45, 2.75) is 18.6 Å². The Bertz CT molecular complexity index is 693. The van der Waals surface area contributed by atoms with Gasteiger partial charge in [0.2, 0.25) is 0 Å². The van der Waals surface area contributed by atoms with Crippen LogP contribution in [-0.4, -0.2) is 20.3 Å². The van der Waals surface area contributed by atoms with Crippen molar-refractivity contribution in [2.75, 3.05) is 11.5 Å². The van der Waals surface area contributed by atoms with E-state index in [1.54, 1.807) is 19.2 Å². The summed E-state index contributed by atoms with van der Waals surface area (Å²) in [6.07, 6.45) is 1.61. The van der Waals surface area contributed by atoms with Gasteiger partial charge in [0.25, 0.3) is 11.1 Å². The molecule has 0 atom stereocenters. The average Bonchev–Trinajstić information content (AvgIpc) is 2.32. The van der Waals surface area contributed by atoms with Gasteiger partial charge in [-0.2, -0.15) is 0 Å². The summed E-state index contributed by atoms with van der Waals surface area (Å²) in [4.78, 5) is 29.7. The highest BCUT2D eigenvalue weighted by Crippen LogP contribution is 2.11. The van der Waals surface area contributed by atoms with E-state index in [0.717, 1.165) is 0 Å². The maximum Gasteiger partial charge on any atom is 0.251 e. The summed E-state index contributed by atoms with van der Waals surface area (Å²) in [5.41, 5.74) is 6.58. The topological polar surface area (TPSA) is 93.8 Å². The number of aromatic nitrogens is 3. The van der Waals surface area contributed by atoms with E-state index in [4.69, 9.17) is 5.73 Å². The lowest BCUT2D eigenvalue weighted by molar-refractivity contribution is 0.735. The Morgan fingerprint density at radius 3 is 2.95 bits per heavy atom. The molecule has 3 N–H and O–H groups in total. The van der Waals surface area contributed by atoms with Crippen LogP contribution >= 0.6 is 11.8 Å². The summed E-state index contributed by atoms with van der Waals surface area (Å²) >= 11 is 1.39. The van der Waals surface area contributed by atoms with Gasteiger partial charge in [0, 0.05) is 42.0 Å².